The third kappa shape index (κ3) is 3.03. The molecule has 4 rings (SSSR count). The molecule has 24 heavy (non-hydrogen) atoms. The van der Waals surface area contributed by atoms with Gasteiger partial charge in [0.25, 0.3) is 0 Å². The number of rotatable bonds is 3. The Morgan fingerprint density at radius 2 is 1.46 bits per heavy atom. The summed E-state index contributed by atoms with van der Waals surface area (Å²) in [5.41, 5.74) is 3.17. The largest absolute Gasteiger partial charge is 0.240 e. The zero-order valence-electron chi connectivity index (χ0n) is 12.8. The van der Waals surface area contributed by atoms with Gasteiger partial charge in [0.1, 0.15) is 10.8 Å². The SMILES string of the molecule is Fc1ccc(Sc2nc3ccccc3cc2-c2ccccc2)cc1. The second-order valence-corrected chi connectivity index (χ2v) is 6.52. The highest BCUT2D eigenvalue weighted by atomic mass is 32.2. The van der Waals surface area contributed by atoms with E-state index in [1.54, 1.807) is 23.9 Å². The van der Waals surface area contributed by atoms with Gasteiger partial charge < -0.3 is 0 Å². The smallest absolute Gasteiger partial charge is 0.123 e. The van der Waals surface area contributed by atoms with Crippen molar-refractivity contribution in [3.8, 4) is 11.1 Å². The molecule has 0 bridgehead atoms. The molecule has 0 aliphatic rings. The molecular formula is C21H14FNS. The predicted molar refractivity (Wildman–Crippen MR) is 97.7 cm³/mol. The topological polar surface area (TPSA) is 12.9 Å². The van der Waals surface area contributed by atoms with Crippen molar-refractivity contribution in [3.63, 3.8) is 0 Å². The lowest BCUT2D eigenvalue weighted by Crippen LogP contribution is -1.89. The van der Waals surface area contributed by atoms with Crippen LogP contribution in [0.25, 0.3) is 22.0 Å². The molecule has 0 amide bonds. The first-order chi connectivity index (χ1) is 11.8. The summed E-state index contributed by atoms with van der Waals surface area (Å²) in [6.07, 6.45) is 0. The van der Waals surface area contributed by atoms with Gasteiger partial charge in [0.2, 0.25) is 0 Å². The molecule has 0 fully saturated rings. The Bertz CT molecular complexity index is 982. The monoisotopic (exact) mass is 331 g/mol. The fourth-order valence-corrected chi connectivity index (χ4v) is 3.54. The van der Waals surface area contributed by atoms with Crippen LogP contribution in [0.5, 0.6) is 0 Å². The first kappa shape index (κ1) is 14.9. The molecule has 1 heterocycles. The standard InChI is InChI=1S/C21H14FNS/c22-17-10-12-18(13-11-17)24-21-19(15-6-2-1-3-7-15)14-16-8-4-5-9-20(16)23-21/h1-14H. The number of benzene rings is 3. The van der Waals surface area contributed by atoms with Gasteiger partial charge in [0.05, 0.1) is 5.52 Å². The van der Waals surface area contributed by atoms with Gasteiger partial charge >= 0.3 is 0 Å². The number of hydrogen-bond acceptors (Lipinski definition) is 2. The molecular weight excluding hydrogens is 317 g/mol. The summed E-state index contributed by atoms with van der Waals surface area (Å²) in [6.45, 7) is 0. The third-order valence-electron chi connectivity index (χ3n) is 3.80. The normalized spacial score (nSPS) is 10.9. The highest BCUT2D eigenvalue weighted by Crippen LogP contribution is 2.36. The van der Waals surface area contributed by atoms with Crippen LogP contribution < -0.4 is 0 Å². The second-order valence-electron chi connectivity index (χ2n) is 5.46. The fraction of sp³-hybridized carbons (Fsp3) is 0. The number of hydrogen-bond donors (Lipinski definition) is 0. The van der Waals surface area contributed by atoms with Crippen molar-refractivity contribution in [1.82, 2.24) is 4.98 Å². The number of nitrogens with zero attached hydrogens (tertiary/aromatic N) is 1. The van der Waals surface area contributed by atoms with Crippen molar-refractivity contribution in [2.24, 2.45) is 0 Å². The molecule has 0 radical (unpaired) electrons. The van der Waals surface area contributed by atoms with E-state index in [9.17, 15) is 4.39 Å². The molecule has 0 saturated heterocycles. The van der Waals surface area contributed by atoms with E-state index in [0.29, 0.717) is 0 Å². The summed E-state index contributed by atoms with van der Waals surface area (Å²) in [4.78, 5) is 5.81. The molecule has 3 heteroatoms. The van der Waals surface area contributed by atoms with Crippen molar-refractivity contribution in [1.29, 1.82) is 0 Å². The maximum Gasteiger partial charge on any atom is 0.123 e. The minimum absolute atomic E-state index is 0.228. The highest BCUT2D eigenvalue weighted by molar-refractivity contribution is 7.99. The van der Waals surface area contributed by atoms with Crippen LogP contribution in [-0.4, -0.2) is 4.98 Å². The van der Waals surface area contributed by atoms with E-state index in [4.69, 9.17) is 4.98 Å². The predicted octanol–water partition coefficient (Wildman–Crippen LogP) is 6.19. The average Bonchev–Trinajstić information content (AvgIpc) is 2.64. The summed E-state index contributed by atoms with van der Waals surface area (Å²) in [6, 6.07) is 27.0. The van der Waals surface area contributed by atoms with E-state index >= 15 is 0 Å². The van der Waals surface area contributed by atoms with Crippen molar-refractivity contribution in [2.75, 3.05) is 0 Å². The van der Waals surface area contributed by atoms with Crippen LogP contribution in [0.1, 0.15) is 0 Å². The quantitative estimate of drug-likeness (QED) is 0.444. The van der Waals surface area contributed by atoms with E-state index in [2.05, 4.69) is 24.3 Å². The number of pyridine rings is 1. The number of aromatic nitrogens is 1. The van der Waals surface area contributed by atoms with E-state index < -0.39 is 0 Å². The van der Waals surface area contributed by atoms with Crippen LogP contribution in [-0.2, 0) is 0 Å². The first-order valence-electron chi connectivity index (χ1n) is 7.68. The molecule has 3 aromatic carbocycles. The number of para-hydroxylation sites is 1. The van der Waals surface area contributed by atoms with E-state index in [1.807, 2.05) is 36.4 Å². The fourth-order valence-electron chi connectivity index (χ4n) is 2.61. The average molecular weight is 331 g/mol. The summed E-state index contributed by atoms with van der Waals surface area (Å²) in [5.74, 6) is -0.228. The number of halogens is 1. The third-order valence-corrected chi connectivity index (χ3v) is 4.81. The number of fused-ring (bicyclic) bond motifs is 1. The summed E-state index contributed by atoms with van der Waals surface area (Å²) >= 11 is 1.55. The van der Waals surface area contributed by atoms with Gasteiger partial charge in [-0.3, -0.25) is 0 Å². The Balaban J connectivity index is 1.86. The lowest BCUT2D eigenvalue weighted by atomic mass is 10.1. The zero-order chi connectivity index (χ0) is 16.4. The molecule has 0 aliphatic heterocycles. The second kappa shape index (κ2) is 6.46. The maximum absolute atomic E-state index is 13.2. The zero-order valence-corrected chi connectivity index (χ0v) is 13.6. The van der Waals surface area contributed by atoms with Gasteiger partial charge in [-0.2, -0.15) is 0 Å². The van der Waals surface area contributed by atoms with Crippen LogP contribution in [0, 0.1) is 5.82 Å². The Kier molecular flexibility index (Phi) is 4.01. The molecule has 4 aromatic rings. The molecule has 0 spiro atoms. The Morgan fingerprint density at radius 1 is 0.750 bits per heavy atom. The highest BCUT2D eigenvalue weighted by Gasteiger charge is 2.11. The first-order valence-corrected chi connectivity index (χ1v) is 8.50. The van der Waals surface area contributed by atoms with Crippen molar-refractivity contribution in [2.45, 2.75) is 9.92 Å². The van der Waals surface area contributed by atoms with Crippen LogP contribution in [0.3, 0.4) is 0 Å². The van der Waals surface area contributed by atoms with Gasteiger partial charge in [-0.1, -0.05) is 60.3 Å². The summed E-state index contributed by atoms with van der Waals surface area (Å²) in [5, 5.41) is 2.03. The molecule has 0 N–H and O–H groups in total. The minimum atomic E-state index is -0.228. The Morgan fingerprint density at radius 3 is 2.25 bits per heavy atom. The molecule has 1 nitrogen and oxygen atoms in total. The van der Waals surface area contributed by atoms with Crippen LogP contribution >= 0.6 is 11.8 Å². The van der Waals surface area contributed by atoms with Crippen LogP contribution in [0.15, 0.2) is 94.9 Å². The molecule has 0 unspecified atom stereocenters. The molecule has 116 valence electrons. The molecule has 0 atom stereocenters. The Hall–Kier alpha value is -2.65. The van der Waals surface area contributed by atoms with Crippen molar-refractivity contribution < 1.29 is 4.39 Å². The minimum Gasteiger partial charge on any atom is -0.240 e. The molecule has 0 saturated carbocycles. The lowest BCUT2D eigenvalue weighted by molar-refractivity contribution is 0.626. The summed E-state index contributed by atoms with van der Waals surface area (Å²) in [7, 11) is 0. The van der Waals surface area contributed by atoms with E-state index in [1.165, 1.54) is 12.1 Å². The molecule has 1 aromatic heterocycles. The molecule has 0 aliphatic carbocycles. The van der Waals surface area contributed by atoms with Gasteiger partial charge in [0, 0.05) is 15.8 Å². The van der Waals surface area contributed by atoms with Gasteiger partial charge in [-0.05, 0) is 42.0 Å². The van der Waals surface area contributed by atoms with Crippen LogP contribution in [0.2, 0.25) is 0 Å². The van der Waals surface area contributed by atoms with Gasteiger partial charge in [-0.15, -0.1) is 0 Å². The lowest BCUT2D eigenvalue weighted by Gasteiger charge is -2.11. The van der Waals surface area contributed by atoms with E-state index in [-0.39, 0.29) is 5.82 Å². The van der Waals surface area contributed by atoms with Crippen LogP contribution in [0.4, 0.5) is 4.39 Å². The Labute approximate surface area is 144 Å². The summed E-state index contributed by atoms with van der Waals surface area (Å²) < 4.78 is 13.2. The maximum atomic E-state index is 13.2. The van der Waals surface area contributed by atoms with E-state index in [0.717, 1.165) is 32.0 Å². The van der Waals surface area contributed by atoms with Gasteiger partial charge in [0.15, 0.2) is 0 Å². The van der Waals surface area contributed by atoms with Gasteiger partial charge in [-0.25, -0.2) is 9.37 Å². The van der Waals surface area contributed by atoms with Crippen molar-refractivity contribution >= 4 is 22.7 Å². The van der Waals surface area contributed by atoms with Crippen molar-refractivity contribution in [3.05, 3.63) is 90.7 Å².